The molecule has 0 atom stereocenters. The fourth-order valence-electron chi connectivity index (χ4n) is 1.16. The second-order valence-corrected chi connectivity index (χ2v) is 4.09. The number of thiophene rings is 1. The van der Waals surface area contributed by atoms with E-state index in [1.807, 2.05) is 17.5 Å². The maximum atomic E-state index is 10.4. The van der Waals surface area contributed by atoms with E-state index >= 15 is 0 Å². The van der Waals surface area contributed by atoms with Crippen molar-refractivity contribution in [3.63, 3.8) is 0 Å². The lowest BCUT2D eigenvalue weighted by atomic mass is 10.5. The summed E-state index contributed by atoms with van der Waals surface area (Å²) >= 11 is 1.56. The van der Waals surface area contributed by atoms with Crippen LogP contribution in [0.5, 0.6) is 0 Å². The Morgan fingerprint density at radius 2 is 2.24 bits per heavy atom. The molecule has 2 aromatic rings. The first-order valence-electron chi connectivity index (χ1n) is 4.82. The average molecular weight is 250 g/mol. The average Bonchev–Trinajstić information content (AvgIpc) is 2.80. The zero-order valence-corrected chi connectivity index (χ0v) is 9.57. The van der Waals surface area contributed by atoms with Crippen LogP contribution in [0.2, 0.25) is 0 Å². The third kappa shape index (κ3) is 3.42. The first kappa shape index (κ1) is 11.3. The van der Waals surface area contributed by atoms with Gasteiger partial charge in [0.2, 0.25) is 0 Å². The molecule has 0 amide bonds. The van der Waals surface area contributed by atoms with Gasteiger partial charge in [-0.1, -0.05) is 0 Å². The number of carboxylic acids is 1. The van der Waals surface area contributed by atoms with E-state index < -0.39 is 5.97 Å². The smallest absolute Gasteiger partial charge is 0.322 e. The highest BCUT2D eigenvalue weighted by Gasteiger charge is 2.01. The molecule has 0 saturated heterocycles. The molecule has 2 rings (SSSR count). The monoisotopic (exact) mass is 250 g/mol. The molecule has 88 valence electrons. The van der Waals surface area contributed by atoms with Crippen LogP contribution in [0.4, 0.5) is 16.6 Å². The SMILES string of the molecule is O=C(O)CNc1cc(Nc2cccs2)ncn1. The molecule has 17 heavy (non-hydrogen) atoms. The minimum Gasteiger partial charge on any atom is -0.480 e. The summed E-state index contributed by atoms with van der Waals surface area (Å²) in [4.78, 5) is 18.4. The highest BCUT2D eigenvalue weighted by Crippen LogP contribution is 2.20. The van der Waals surface area contributed by atoms with Crippen LogP contribution in [0.3, 0.4) is 0 Å². The molecule has 2 heterocycles. The first-order chi connectivity index (χ1) is 8.24. The summed E-state index contributed by atoms with van der Waals surface area (Å²) < 4.78 is 0. The molecule has 3 N–H and O–H groups in total. The predicted octanol–water partition coefficient (Wildman–Crippen LogP) is 1.78. The Kier molecular flexibility index (Phi) is 3.51. The molecule has 0 aliphatic carbocycles. The largest absolute Gasteiger partial charge is 0.480 e. The van der Waals surface area contributed by atoms with Crippen LogP contribution in [0.15, 0.2) is 29.9 Å². The van der Waals surface area contributed by atoms with Gasteiger partial charge in [0.05, 0.1) is 5.00 Å². The third-order valence-electron chi connectivity index (χ3n) is 1.86. The molecule has 0 fully saturated rings. The molecule has 0 saturated carbocycles. The molecule has 6 nitrogen and oxygen atoms in total. The van der Waals surface area contributed by atoms with Crippen molar-refractivity contribution in [3.8, 4) is 0 Å². The van der Waals surface area contributed by atoms with Crippen molar-refractivity contribution in [2.45, 2.75) is 0 Å². The summed E-state index contributed by atoms with van der Waals surface area (Å²) in [5.41, 5.74) is 0. The van der Waals surface area contributed by atoms with Crippen molar-refractivity contribution >= 4 is 33.9 Å². The second kappa shape index (κ2) is 5.26. The quantitative estimate of drug-likeness (QED) is 0.749. The number of hydrogen-bond acceptors (Lipinski definition) is 6. The van der Waals surface area contributed by atoms with E-state index in [0.29, 0.717) is 11.6 Å². The Hall–Kier alpha value is -2.15. The van der Waals surface area contributed by atoms with E-state index in [1.54, 1.807) is 17.4 Å². The Bertz CT molecular complexity index is 501. The highest BCUT2D eigenvalue weighted by molar-refractivity contribution is 7.14. The number of aromatic nitrogens is 2. The molecule has 0 aromatic carbocycles. The zero-order valence-electron chi connectivity index (χ0n) is 8.75. The lowest BCUT2D eigenvalue weighted by Gasteiger charge is -2.05. The lowest BCUT2D eigenvalue weighted by molar-refractivity contribution is -0.134. The van der Waals surface area contributed by atoms with Gasteiger partial charge in [-0.2, -0.15) is 0 Å². The molecular weight excluding hydrogens is 240 g/mol. The second-order valence-electron chi connectivity index (χ2n) is 3.14. The van der Waals surface area contributed by atoms with Crippen molar-refractivity contribution in [1.82, 2.24) is 9.97 Å². The first-order valence-corrected chi connectivity index (χ1v) is 5.70. The molecule has 0 radical (unpaired) electrons. The number of hydrogen-bond donors (Lipinski definition) is 3. The van der Waals surface area contributed by atoms with Crippen LogP contribution in [0.1, 0.15) is 0 Å². The van der Waals surface area contributed by atoms with Crippen LogP contribution >= 0.6 is 11.3 Å². The van der Waals surface area contributed by atoms with Crippen molar-refractivity contribution in [2.75, 3.05) is 17.2 Å². The molecule has 2 aromatic heterocycles. The van der Waals surface area contributed by atoms with Gasteiger partial charge in [0.15, 0.2) is 0 Å². The minimum atomic E-state index is -0.934. The Morgan fingerprint density at radius 3 is 2.94 bits per heavy atom. The van der Waals surface area contributed by atoms with E-state index in [2.05, 4.69) is 20.6 Å². The van der Waals surface area contributed by atoms with E-state index in [1.165, 1.54) is 6.33 Å². The van der Waals surface area contributed by atoms with Crippen LogP contribution in [-0.2, 0) is 4.79 Å². The summed E-state index contributed by atoms with van der Waals surface area (Å²) in [6.07, 6.45) is 1.38. The number of carbonyl (C=O) groups is 1. The van der Waals surface area contributed by atoms with Gasteiger partial charge in [-0.15, -0.1) is 11.3 Å². The van der Waals surface area contributed by atoms with Gasteiger partial charge in [-0.25, -0.2) is 9.97 Å². The van der Waals surface area contributed by atoms with Gasteiger partial charge in [-0.05, 0) is 17.5 Å². The molecule has 0 unspecified atom stereocenters. The van der Waals surface area contributed by atoms with Gasteiger partial charge < -0.3 is 15.7 Å². The highest BCUT2D eigenvalue weighted by atomic mass is 32.1. The maximum Gasteiger partial charge on any atom is 0.322 e. The number of aliphatic carboxylic acids is 1. The topological polar surface area (TPSA) is 87.1 Å². The lowest BCUT2D eigenvalue weighted by Crippen LogP contribution is -2.13. The van der Waals surface area contributed by atoms with Gasteiger partial charge in [0.25, 0.3) is 0 Å². The third-order valence-corrected chi connectivity index (χ3v) is 2.65. The Balaban J connectivity index is 2.03. The fourth-order valence-corrected chi connectivity index (χ4v) is 1.79. The van der Waals surface area contributed by atoms with Crippen molar-refractivity contribution in [3.05, 3.63) is 29.9 Å². The zero-order chi connectivity index (χ0) is 12.1. The predicted molar refractivity (Wildman–Crippen MR) is 65.8 cm³/mol. The van der Waals surface area contributed by atoms with Crippen molar-refractivity contribution < 1.29 is 9.90 Å². The molecule has 0 aliphatic heterocycles. The van der Waals surface area contributed by atoms with Gasteiger partial charge in [0, 0.05) is 6.07 Å². The molecular formula is C10H10N4O2S. The van der Waals surface area contributed by atoms with E-state index in [4.69, 9.17) is 5.11 Å². The van der Waals surface area contributed by atoms with Crippen LogP contribution < -0.4 is 10.6 Å². The summed E-state index contributed by atoms with van der Waals surface area (Å²) in [5, 5.41) is 17.2. The molecule has 7 heteroatoms. The number of nitrogens with zero attached hydrogens (tertiary/aromatic N) is 2. The summed E-state index contributed by atoms with van der Waals surface area (Å²) in [6.45, 7) is -0.171. The van der Waals surface area contributed by atoms with E-state index in [-0.39, 0.29) is 6.54 Å². The van der Waals surface area contributed by atoms with Gasteiger partial charge in [0.1, 0.15) is 24.5 Å². The normalized spacial score (nSPS) is 9.88. The van der Waals surface area contributed by atoms with Gasteiger partial charge in [-0.3, -0.25) is 4.79 Å². The van der Waals surface area contributed by atoms with Crippen LogP contribution in [0.25, 0.3) is 0 Å². The summed E-state index contributed by atoms with van der Waals surface area (Å²) in [7, 11) is 0. The van der Waals surface area contributed by atoms with E-state index in [9.17, 15) is 4.79 Å². The number of carboxylic acid groups (broad SMARTS) is 1. The molecule has 0 spiro atoms. The molecule has 0 bridgehead atoms. The van der Waals surface area contributed by atoms with Gasteiger partial charge >= 0.3 is 5.97 Å². The summed E-state index contributed by atoms with van der Waals surface area (Å²) in [5.74, 6) is 0.160. The number of anilines is 3. The number of nitrogens with one attached hydrogen (secondary N) is 2. The Morgan fingerprint density at radius 1 is 1.41 bits per heavy atom. The van der Waals surface area contributed by atoms with Crippen LogP contribution in [0, 0.1) is 0 Å². The standard InChI is InChI=1S/C10H10N4O2S/c15-10(16)5-11-7-4-8(13-6-12-7)14-9-2-1-3-17-9/h1-4,6H,5H2,(H,15,16)(H2,11,12,13,14). The fraction of sp³-hybridized carbons (Fsp3) is 0.100. The minimum absolute atomic E-state index is 0.171. The van der Waals surface area contributed by atoms with E-state index in [0.717, 1.165) is 5.00 Å². The van der Waals surface area contributed by atoms with Crippen LogP contribution in [-0.4, -0.2) is 27.6 Å². The van der Waals surface area contributed by atoms with Crippen molar-refractivity contribution in [2.24, 2.45) is 0 Å². The molecule has 0 aliphatic rings. The Labute approximate surface area is 101 Å². The maximum absolute atomic E-state index is 10.4. The summed E-state index contributed by atoms with van der Waals surface area (Å²) in [6, 6.07) is 5.51. The van der Waals surface area contributed by atoms with Crippen molar-refractivity contribution in [1.29, 1.82) is 0 Å². The number of rotatable bonds is 5.